The lowest BCUT2D eigenvalue weighted by atomic mass is 10.0. The Hall–Kier alpha value is 0.200. The number of thioether (sulfide) groups is 1. The highest BCUT2D eigenvalue weighted by Crippen LogP contribution is 2.31. The molecule has 1 saturated heterocycles. The molecule has 0 N–H and O–H groups in total. The van der Waals surface area contributed by atoms with Crippen LogP contribution in [0.4, 0.5) is 0 Å². The van der Waals surface area contributed by atoms with Gasteiger partial charge >= 0.3 is 0 Å². The second kappa shape index (κ2) is 5.69. The van der Waals surface area contributed by atoms with Crippen LogP contribution >= 0.6 is 43.6 Å². The van der Waals surface area contributed by atoms with Crippen molar-refractivity contribution in [2.45, 2.75) is 24.5 Å². The minimum atomic E-state index is 0.159. The van der Waals surface area contributed by atoms with Crippen molar-refractivity contribution in [3.05, 3.63) is 32.7 Å². The van der Waals surface area contributed by atoms with Gasteiger partial charge in [0.25, 0.3) is 0 Å². The number of benzene rings is 1. The van der Waals surface area contributed by atoms with Crippen LogP contribution < -0.4 is 0 Å². The molecule has 0 radical (unpaired) electrons. The monoisotopic (exact) mass is 362 g/mol. The SMILES string of the molecule is O=C(c1ccc(Br)cc1Br)C1CCCCS1. The largest absolute Gasteiger partial charge is 0.293 e. The van der Waals surface area contributed by atoms with E-state index >= 15 is 0 Å². The van der Waals surface area contributed by atoms with Gasteiger partial charge in [0.1, 0.15) is 0 Å². The first-order chi connectivity index (χ1) is 7.68. The number of carbonyl (C=O) groups excluding carboxylic acids is 1. The van der Waals surface area contributed by atoms with Crippen LogP contribution in [0.5, 0.6) is 0 Å². The maximum absolute atomic E-state index is 12.3. The van der Waals surface area contributed by atoms with Gasteiger partial charge in [0.2, 0.25) is 0 Å². The molecule has 1 heterocycles. The molecule has 1 aromatic rings. The summed E-state index contributed by atoms with van der Waals surface area (Å²) >= 11 is 8.65. The first-order valence-corrected chi connectivity index (χ1v) is 7.93. The number of hydrogen-bond donors (Lipinski definition) is 0. The van der Waals surface area contributed by atoms with E-state index in [-0.39, 0.29) is 11.0 Å². The summed E-state index contributed by atoms with van der Waals surface area (Å²) in [5.74, 6) is 1.38. The Morgan fingerprint density at radius 2 is 2.12 bits per heavy atom. The lowest BCUT2D eigenvalue weighted by Gasteiger charge is -2.20. The minimum Gasteiger partial charge on any atom is -0.293 e. The Balaban J connectivity index is 2.19. The van der Waals surface area contributed by atoms with Crippen LogP contribution in [0.15, 0.2) is 27.1 Å². The van der Waals surface area contributed by atoms with Crippen LogP contribution in [-0.4, -0.2) is 16.8 Å². The van der Waals surface area contributed by atoms with Crippen molar-refractivity contribution in [1.82, 2.24) is 0 Å². The Morgan fingerprint density at radius 3 is 2.75 bits per heavy atom. The second-order valence-corrected chi connectivity index (χ2v) is 6.92. The molecule has 0 aliphatic carbocycles. The number of Topliss-reactive ketones (excluding diaryl/α,β-unsaturated/α-hetero) is 1. The van der Waals surface area contributed by atoms with Gasteiger partial charge in [0.05, 0.1) is 5.25 Å². The van der Waals surface area contributed by atoms with Gasteiger partial charge in [-0.1, -0.05) is 38.3 Å². The molecule has 0 spiro atoms. The molecule has 1 atom stereocenters. The Labute approximate surface area is 117 Å². The maximum atomic E-state index is 12.3. The van der Waals surface area contributed by atoms with Crippen molar-refractivity contribution in [2.75, 3.05) is 5.75 Å². The summed E-state index contributed by atoms with van der Waals surface area (Å²) < 4.78 is 1.88. The summed E-state index contributed by atoms with van der Waals surface area (Å²) in [4.78, 5) is 12.3. The average Bonchev–Trinajstić information content (AvgIpc) is 2.29. The van der Waals surface area contributed by atoms with Crippen molar-refractivity contribution in [2.24, 2.45) is 0 Å². The molecular weight excluding hydrogens is 352 g/mol. The van der Waals surface area contributed by atoms with Gasteiger partial charge < -0.3 is 0 Å². The zero-order chi connectivity index (χ0) is 11.5. The molecular formula is C12H12Br2OS. The highest BCUT2D eigenvalue weighted by Gasteiger charge is 2.24. The predicted octanol–water partition coefficient (Wildman–Crippen LogP) is 4.68. The molecule has 0 aromatic heterocycles. The molecule has 1 fully saturated rings. The van der Waals surface area contributed by atoms with Gasteiger partial charge in [-0.3, -0.25) is 4.79 Å². The molecule has 0 bridgehead atoms. The van der Waals surface area contributed by atoms with Gasteiger partial charge in [-0.25, -0.2) is 0 Å². The van der Waals surface area contributed by atoms with Crippen LogP contribution in [0, 0.1) is 0 Å². The van der Waals surface area contributed by atoms with Crippen molar-refractivity contribution < 1.29 is 4.79 Å². The zero-order valence-corrected chi connectivity index (χ0v) is 12.7. The van der Waals surface area contributed by atoms with Gasteiger partial charge in [0.15, 0.2) is 5.78 Å². The molecule has 0 saturated carbocycles. The van der Waals surface area contributed by atoms with Gasteiger partial charge in [-0.15, -0.1) is 0 Å². The number of halogens is 2. The Morgan fingerprint density at radius 1 is 1.31 bits per heavy atom. The topological polar surface area (TPSA) is 17.1 Å². The predicted molar refractivity (Wildman–Crippen MR) is 76.3 cm³/mol. The molecule has 1 aliphatic heterocycles. The van der Waals surface area contributed by atoms with Gasteiger partial charge in [0, 0.05) is 14.5 Å². The van der Waals surface area contributed by atoms with Crippen LogP contribution in [0.25, 0.3) is 0 Å². The summed E-state index contributed by atoms with van der Waals surface area (Å²) in [7, 11) is 0. The van der Waals surface area contributed by atoms with Gasteiger partial charge in [-0.2, -0.15) is 11.8 Å². The molecule has 1 aliphatic rings. The standard InChI is InChI=1S/C12H12Br2OS/c13-8-4-5-9(10(14)7-8)12(15)11-3-1-2-6-16-11/h4-5,7,11H,1-3,6H2. The van der Waals surface area contributed by atoms with Crippen molar-refractivity contribution >= 4 is 49.4 Å². The lowest BCUT2D eigenvalue weighted by molar-refractivity contribution is 0.0984. The van der Waals surface area contributed by atoms with Crippen molar-refractivity contribution in [3.63, 3.8) is 0 Å². The summed E-state index contributed by atoms with van der Waals surface area (Å²) in [5.41, 5.74) is 0.808. The third-order valence-electron chi connectivity index (χ3n) is 2.67. The lowest BCUT2D eigenvalue weighted by Crippen LogP contribution is -2.21. The molecule has 86 valence electrons. The van der Waals surface area contributed by atoms with Crippen LogP contribution in [0.1, 0.15) is 29.6 Å². The fourth-order valence-electron chi connectivity index (χ4n) is 1.81. The Kier molecular flexibility index (Phi) is 4.50. The van der Waals surface area contributed by atoms with Crippen molar-refractivity contribution in [3.8, 4) is 0 Å². The van der Waals surface area contributed by atoms with E-state index in [4.69, 9.17) is 0 Å². The fourth-order valence-corrected chi connectivity index (χ4v) is 4.32. The van der Waals surface area contributed by atoms with Crippen LogP contribution in [0.2, 0.25) is 0 Å². The van der Waals surface area contributed by atoms with E-state index in [9.17, 15) is 4.79 Å². The first kappa shape index (κ1) is 12.7. The average molecular weight is 364 g/mol. The summed E-state index contributed by atoms with van der Waals surface area (Å²) in [6.07, 6.45) is 3.44. The number of rotatable bonds is 2. The van der Waals surface area contributed by atoms with Crippen LogP contribution in [0.3, 0.4) is 0 Å². The summed E-state index contributed by atoms with van der Waals surface area (Å²) in [6, 6.07) is 5.75. The van der Waals surface area contributed by atoms with E-state index in [1.165, 1.54) is 12.8 Å². The van der Waals surface area contributed by atoms with E-state index in [1.54, 1.807) is 11.8 Å². The summed E-state index contributed by atoms with van der Waals surface area (Å²) in [6.45, 7) is 0. The molecule has 1 aromatic carbocycles. The van der Waals surface area contributed by atoms with E-state index in [2.05, 4.69) is 31.9 Å². The van der Waals surface area contributed by atoms with E-state index < -0.39 is 0 Å². The molecule has 1 unspecified atom stereocenters. The molecule has 0 amide bonds. The summed E-state index contributed by atoms with van der Waals surface area (Å²) in [5, 5.41) is 0.159. The normalized spacial score (nSPS) is 20.8. The van der Waals surface area contributed by atoms with E-state index in [0.29, 0.717) is 0 Å². The minimum absolute atomic E-state index is 0.159. The van der Waals surface area contributed by atoms with Crippen LogP contribution in [-0.2, 0) is 0 Å². The smallest absolute Gasteiger partial charge is 0.176 e. The second-order valence-electron chi connectivity index (χ2n) is 3.84. The van der Waals surface area contributed by atoms with Crippen molar-refractivity contribution in [1.29, 1.82) is 0 Å². The number of carbonyl (C=O) groups is 1. The number of ketones is 1. The Bertz CT molecular complexity index is 400. The highest BCUT2D eigenvalue weighted by molar-refractivity contribution is 9.11. The highest BCUT2D eigenvalue weighted by atomic mass is 79.9. The molecule has 16 heavy (non-hydrogen) atoms. The third kappa shape index (κ3) is 2.90. The quantitative estimate of drug-likeness (QED) is 0.709. The van der Waals surface area contributed by atoms with E-state index in [0.717, 1.165) is 26.7 Å². The van der Waals surface area contributed by atoms with E-state index in [1.807, 2.05) is 18.2 Å². The molecule has 4 heteroatoms. The molecule has 1 nitrogen and oxygen atoms in total. The maximum Gasteiger partial charge on any atom is 0.176 e. The first-order valence-electron chi connectivity index (χ1n) is 5.29. The van der Waals surface area contributed by atoms with Gasteiger partial charge in [-0.05, 0) is 36.8 Å². The zero-order valence-electron chi connectivity index (χ0n) is 8.71. The molecule has 2 rings (SSSR count). The fraction of sp³-hybridized carbons (Fsp3) is 0.417. The third-order valence-corrected chi connectivity index (χ3v) is 5.19. The number of hydrogen-bond acceptors (Lipinski definition) is 2.